The highest BCUT2D eigenvalue weighted by molar-refractivity contribution is 5.98. The first kappa shape index (κ1) is 25.4. The number of nitrogens with two attached hydrogens (primary N) is 1. The molecule has 0 radical (unpaired) electrons. The van der Waals surface area contributed by atoms with Crippen LogP contribution in [-0.4, -0.2) is 35.5 Å². The lowest BCUT2D eigenvalue weighted by Gasteiger charge is -2.21. The number of nitrogen functional groups attached to an aromatic ring is 1. The zero-order valence-corrected chi connectivity index (χ0v) is 18.2. The van der Waals surface area contributed by atoms with Crippen molar-refractivity contribution in [2.24, 2.45) is 5.73 Å². The van der Waals surface area contributed by atoms with E-state index in [4.69, 9.17) is 11.1 Å². The predicted octanol–water partition coefficient (Wildman–Crippen LogP) is 3.88. The first-order valence-corrected chi connectivity index (χ1v) is 9.76. The van der Waals surface area contributed by atoms with E-state index in [9.17, 15) is 27.9 Å². The van der Waals surface area contributed by atoms with Crippen LogP contribution in [0.25, 0.3) is 6.08 Å². The molecule has 7 nitrogen and oxygen atoms in total. The Morgan fingerprint density at radius 3 is 2.39 bits per heavy atom. The molecule has 0 spiro atoms. The average molecular weight is 463 g/mol. The van der Waals surface area contributed by atoms with Gasteiger partial charge in [0.25, 0.3) is 5.91 Å². The number of carbonyl (C=O) groups excluding carboxylic acids is 2. The maximum atomic E-state index is 12.7. The van der Waals surface area contributed by atoms with E-state index in [0.29, 0.717) is 16.7 Å². The highest BCUT2D eigenvalue weighted by atomic mass is 19.4. The van der Waals surface area contributed by atoms with Gasteiger partial charge in [0.1, 0.15) is 17.3 Å². The van der Waals surface area contributed by atoms with Crippen molar-refractivity contribution in [3.63, 3.8) is 0 Å². The largest absolute Gasteiger partial charge is 0.507 e. The number of ether oxygens (including phenoxy) is 1. The van der Waals surface area contributed by atoms with Crippen LogP contribution in [0.3, 0.4) is 0 Å². The number of benzene rings is 2. The molecular weight excluding hydrogens is 439 g/mol. The summed E-state index contributed by atoms with van der Waals surface area (Å²) in [5, 5.41) is 19.8. The molecule has 0 saturated carbocycles. The van der Waals surface area contributed by atoms with Gasteiger partial charge in [0.2, 0.25) is 0 Å². The van der Waals surface area contributed by atoms with Gasteiger partial charge in [0.05, 0.1) is 5.56 Å². The number of amides is 1. The van der Waals surface area contributed by atoms with Crippen LogP contribution in [0.1, 0.15) is 47.8 Å². The third-order valence-electron chi connectivity index (χ3n) is 4.54. The van der Waals surface area contributed by atoms with Gasteiger partial charge in [-0.3, -0.25) is 10.2 Å². The van der Waals surface area contributed by atoms with Crippen LogP contribution in [0.4, 0.5) is 13.2 Å². The summed E-state index contributed by atoms with van der Waals surface area (Å²) >= 11 is 0. The maximum absolute atomic E-state index is 12.7. The molecule has 2 rings (SSSR count). The Morgan fingerprint density at radius 2 is 1.82 bits per heavy atom. The van der Waals surface area contributed by atoms with Gasteiger partial charge in [0.15, 0.2) is 0 Å². The minimum atomic E-state index is -5.22. The molecule has 0 aromatic heterocycles. The van der Waals surface area contributed by atoms with Crippen molar-refractivity contribution in [1.29, 1.82) is 5.41 Å². The number of carbonyl (C=O) groups is 2. The molecule has 5 N–H and O–H groups in total. The summed E-state index contributed by atoms with van der Waals surface area (Å²) in [5.74, 6) is -3.94. The number of hydrogen-bond donors (Lipinski definition) is 4. The number of esters is 1. The molecule has 0 atom stereocenters. The average Bonchev–Trinajstić information content (AvgIpc) is 2.70. The SMILES string of the molecule is CC(C)(C)c1ccc(C(=O)NC/C=C/c2cc(C(=N)N)ccc2O)c(OC(=O)C(F)(F)F)c1. The van der Waals surface area contributed by atoms with Gasteiger partial charge in [-0.15, -0.1) is 0 Å². The molecule has 0 aliphatic heterocycles. The van der Waals surface area contributed by atoms with Crippen LogP contribution < -0.4 is 15.8 Å². The normalized spacial score (nSPS) is 11.9. The third-order valence-corrected chi connectivity index (χ3v) is 4.54. The van der Waals surface area contributed by atoms with Crippen molar-refractivity contribution in [2.75, 3.05) is 6.54 Å². The summed E-state index contributed by atoms with van der Waals surface area (Å²) in [7, 11) is 0. The standard InChI is InChI=1S/C23H24F3N3O4/c1-22(2,3)15-7-8-16(18(12-15)33-21(32)23(24,25)26)20(31)29-10-4-5-13-11-14(19(27)28)6-9-17(13)30/h4-9,11-12,30H,10H2,1-3H3,(H3,27,28)(H,29,31)/b5-4+. The van der Waals surface area contributed by atoms with Gasteiger partial charge in [-0.2, -0.15) is 13.2 Å². The van der Waals surface area contributed by atoms with E-state index in [2.05, 4.69) is 10.1 Å². The number of aromatic hydroxyl groups is 1. The van der Waals surface area contributed by atoms with Crippen LogP contribution in [0.5, 0.6) is 11.5 Å². The zero-order chi connectivity index (χ0) is 25.0. The topological polar surface area (TPSA) is 126 Å². The molecular formula is C23H24F3N3O4. The van der Waals surface area contributed by atoms with Crippen molar-refractivity contribution in [3.8, 4) is 11.5 Å². The molecule has 0 aliphatic rings. The van der Waals surface area contributed by atoms with Crippen molar-refractivity contribution < 1.29 is 32.6 Å². The van der Waals surface area contributed by atoms with Gasteiger partial charge in [-0.25, -0.2) is 4.79 Å². The summed E-state index contributed by atoms with van der Waals surface area (Å²) < 4.78 is 42.6. The third kappa shape index (κ3) is 6.83. The van der Waals surface area contributed by atoms with E-state index in [-0.39, 0.29) is 23.7 Å². The van der Waals surface area contributed by atoms with Gasteiger partial charge in [-0.05, 0) is 41.3 Å². The second-order valence-electron chi connectivity index (χ2n) is 8.15. The minimum absolute atomic E-state index is 0.0454. The smallest absolute Gasteiger partial charge is 0.491 e. The second-order valence-corrected chi connectivity index (χ2v) is 8.15. The quantitative estimate of drug-likeness (QED) is 0.224. The Kier molecular flexibility index (Phi) is 7.53. The molecule has 0 heterocycles. The predicted molar refractivity (Wildman–Crippen MR) is 117 cm³/mol. The Labute approximate surface area is 188 Å². The molecule has 0 bridgehead atoms. The van der Waals surface area contributed by atoms with Gasteiger partial charge in [0, 0.05) is 17.7 Å². The van der Waals surface area contributed by atoms with Crippen molar-refractivity contribution >= 4 is 23.8 Å². The number of alkyl halides is 3. The second kappa shape index (κ2) is 9.76. The Bertz CT molecular complexity index is 1100. The number of phenolic OH excluding ortho intramolecular Hbond substituents is 1. The van der Waals surface area contributed by atoms with Crippen LogP contribution in [0.2, 0.25) is 0 Å². The molecule has 2 aromatic rings. The Morgan fingerprint density at radius 1 is 1.15 bits per heavy atom. The van der Waals surface area contributed by atoms with Crippen LogP contribution in [0, 0.1) is 5.41 Å². The lowest BCUT2D eigenvalue weighted by Crippen LogP contribution is -2.30. The molecule has 2 aromatic carbocycles. The molecule has 0 fully saturated rings. The fourth-order valence-corrected chi connectivity index (χ4v) is 2.71. The van der Waals surface area contributed by atoms with Crippen molar-refractivity contribution in [2.45, 2.75) is 32.4 Å². The Hall–Kier alpha value is -3.82. The molecule has 0 saturated heterocycles. The highest BCUT2D eigenvalue weighted by Gasteiger charge is 2.42. The first-order chi connectivity index (χ1) is 15.2. The lowest BCUT2D eigenvalue weighted by atomic mass is 9.86. The zero-order valence-electron chi connectivity index (χ0n) is 18.2. The van der Waals surface area contributed by atoms with Crippen LogP contribution >= 0.6 is 0 Å². The van der Waals surface area contributed by atoms with E-state index in [1.807, 2.05) is 20.8 Å². The molecule has 1 amide bonds. The van der Waals surface area contributed by atoms with Crippen LogP contribution in [0.15, 0.2) is 42.5 Å². The fourth-order valence-electron chi connectivity index (χ4n) is 2.71. The summed E-state index contributed by atoms with van der Waals surface area (Å²) in [6, 6.07) is 8.42. The van der Waals surface area contributed by atoms with Crippen molar-refractivity contribution in [3.05, 3.63) is 64.7 Å². The van der Waals surface area contributed by atoms with Gasteiger partial charge >= 0.3 is 12.1 Å². The molecule has 10 heteroatoms. The molecule has 33 heavy (non-hydrogen) atoms. The first-order valence-electron chi connectivity index (χ1n) is 9.76. The molecule has 0 unspecified atom stereocenters. The molecule has 0 aliphatic carbocycles. The summed E-state index contributed by atoms with van der Waals surface area (Å²) in [6.45, 7) is 5.41. The minimum Gasteiger partial charge on any atom is -0.507 e. The number of phenols is 1. The van der Waals surface area contributed by atoms with E-state index in [0.717, 1.165) is 0 Å². The summed E-state index contributed by atoms with van der Waals surface area (Å²) in [5.41, 5.74) is 6.04. The number of hydrogen-bond acceptors (Lipinski definition) is 5. The van der Waals surface area contributed by atoms with E-state index < -0.39 is 29.2 Å². The molecule has 176 valence electrons. The highest BCUT2D eigenvalue weighted by Crippen LogP contribution is 2.30. The summed E-state index contributed by atoms with van der Waals surface area (Å²) in [4.78, 5) is 23.9. The van der Waals surface area contributed by atoms with Gasteiger partial charge < -0.3 is 20.9 Å². The van der Waals surface area contributed by atoms with E-state index in [1.165, 1.54) is 42.5 Å². The van der Waals surface area contributed by atoms with E-state index in [1.54, 1.807) is 6.07 Å². The van der Waals surface area contributed by atoms with Crippen molar-refractivity contribution in [1.82, 2.24) is 5.32 Å². The lowest BCUT2D eigenvalue weighted by molar-refractivity contribution is -0.189. The van der Waals surface area contributed by atoms with E-state index >= 15 is 0 Å². The number of nitrogens with one attached hydrogen (secondary N) is 2. The van der Waals surface area contributed by atoms with Gasteiger partial charge in [-0.1, -0.05) is 39.0 Å². The monoisotopic (exact) mass is 463 g/mol. The maximum Gasteiger partial charge on any atom is 0.491 e. The number of amidine groups is 1. The Balaban J connectivity index is 2.21. The number of halogens is 3. The number of rotatable bonds is 6. The summed E-state index contributed by atoms with van der Waals surface area (Å²) in [6.07, 6.45) is -2.25. The fraction of sp³-hybridized carbons (Fsp3) is 0.261. The van der Waals surface area contributed by atoms with Crippen LogP contribution in [-0.2, 0) is 10.2 Å².